The van der Waals surface area contributed by atoms with E-state index in [4.69, 9.17) is 3.07 Å². The first-order valence-electron chi connectivity index (χ1n) is 2.37. The standard InChI is InChI=1S/C6H4FIO/c7-5-2-1-3-6(4-5)9-8/h1-4H. The first kappa shape index (κ1) is 6.80. The third-order valence-electron chi connectivity index (χ3n) is 0.885. The van der Waals surface area contributed by atoms with Gasteiger partial charge in [-0.25, -0.2) is 4.39 Å². The number of hydrogen-bond donors (Lipinski definition) is 0. The third kappa shape index (κ3) is 1.82. The highest BCUT2D eigenvalue weighted by atomic mass is 127. The van der Waals surface area contributed by atoms with Gasteiger partial charge >= 0.3 is 0 Å². The van der Waals surface area contributed by atoms with Crippen molar-refractivity contribution in [3.63, 3.8) is 0 Å². The maximum atomic E-state index is 12.3. The summed E-state index contributed by atoms with van der Waals surface area (Å²) in [6.07, 6.45) is 0. The molecule has 0 saturated carbocycles. The van der Waals surface area contributed by atoms with Gasteiger partial charge in [0.15, 0.2) is 23.0 Å². The molecule has 0 amide bonds. The molecule has 0 radical (unpaired) electrons. The Morgan fingerprint density at radius 1 is 1.44 bits per heavy atom. The van der Waals surface area contributed by atoms with Gasteiger partial charge in [0.2, 0.25) is 0 Å². The molecule has 1 aromatic carbocycles. The van der Waals surface area contributed by atoms with E-state index < -0.39 is 0 Å². The van der Waals surface area contributed by atoms with Crippen molar-refractivity contribution in [2.24, 2.45) is 0 Å². The van der Waals surface area contributed by atoms with E-state index in [-0.39, 0.29) is 5.82 Å². The molecule has 0 aliphatic heterocycles. The van der Waals surface area contributed by atoms with Gasteiger partial charge in [0.05, 0.1) is 0 Å². The van der Waals surface area contributed by atoms with Crippen LogP contribution in [-0.4, -0.2) is 0 Å². The monoisotopic (exact) mass is 238 g/mol. The molecule has 0 N–H and O–H groups in total. The molecule has 0 fully saturated rings. The second-order valence-electron chi connectivity index (χ2n) is 1.53. The lowest BCUT2D eigenvalue weighted by Gasteiger charge is -1.93. The Kier molecular flexibility index (Phi) is 2.27. The maximum absolute atomic E-state index is 12.3. The largest absolute Gasteiger partial charge is 0.428 e. The molecule has 0 saturated heterocycles. The highest BCUT2D eigenvalue weighted by Crippen LogP contribution is 2.13. The quantitative estimate of drug-likeness (QED) is 0.683. The summed E-state index contributed by atoms with van der Waals surface area (Å²) in [6, 6.07) is 5.99. The number of hydrogen-bond acceptors (Lipinski definition) is 1. The Labute approximate surface area is 66.5 Å². The molecule has 9 heavy (non-hydrogen) atoms. The molecule has 0 aliphatic carbocycles. The summed E-state index contributed by atoms with van der Waals surface area (Å²) in [4.78, 5) is 0. The minimum absolute atomic E-state index is 0.274. The molecule has 0 heterocycles. The van der Waals surface area contributed by atoms with E-state index in [0.29, 0.717) is 5.75 Å². The van der Waals surface area contributed by atoms with E-state index in [9.17, 15) is 4.39 Å². The first-order valence-corrected chi connectivity index (χ1v) is 3.25. The summed E-state index contributed by atoms with van der Waals surface area (Å²) in [6.45, 7) is 0. The van der Waals surface area contributed by atoms with E-state index in [1.165, 1.54) is 12.1 Å². The molecule has 0 aromatic heterocycles. The van der Waals surface area contributed by atoms with Crippen LogP contribution in [0.1, 0.15) is 0 Å². The van der Waals surface area contributed by atoms with Crippen molar-refractivity contribution >= 4 is 23.0 Å². The Balaban J connectivity index is 2.94. The highest BCUT2D eigenvalue weighted by molar-refractivity contribution is 14.1. The summed E-state index contributed by atoms with van der Waals surface area (Å²) in [5.41, 5.74) is 0. The lowest BCUT2D eigenvalue weighted by atomic mass is 10.3. The Morgan fingerprint density at radius 2 is 2.22 bits per heavy atom. The predicted octanol–water partition coefficient (Wildman–Crippen LogP) is 2.55. The van der Waals surface area contributed by atoms with Gasteiger partial charge in [0, 0.05) is 6.07 Å². The van der Waals surface area contributed by atoms with E-state index in [1.54, 1.807) is 35.1 Å². The summed E-state index contributed by atoms with van der Waals surface area (Å²) in [5.74, 6) is 0.264. The highest BCUT2D eigenvalue weighted by Gasteiger charge is 1.91. The molecule has 0 aliphatic rings. The van der Waals surface area contributed by atoms with Crippen LogP contribution in [0.2, 0.25) is 0 Å². The van der Waals surface area contributed by atoms with Crippen LogP contribution in [-0.2, 0) is 0 Å². The van der Waals surface area contributed by atoms with Crippen LogP contribution in [0.3, 0.4) is 0 Å². The summed E-state index contributed by atoms with van der Waals surface area (Å²) in [5, 5.41) is 0. The van der Waals surface area contributed by atoms with Gasteiger partial charge in [-0.3, -0.25) is 0 Å². The van der Waals surface area contributed by atoms with E-state index in [1.807, 2.05) is 0 Å². The summed E-state index contributed by atoms with van der Waals surface area (Å²) < 4.78 is 17.0. The van der Waals surface area contributed by atoms with E-state index >= 15 is 0 Å². The fourth-order valence-corrected chi connectivity index (χ4v) is 0.789. The van der Waals surface area contributed by atoms with Gasteiger partial charge < -0.3 is 3.07 Å². The van der Waals surface area contributed by atoms with Crippen LogP contribution in [0, 0.1) is 5.82 Å². The molecule has 0 atom stereocenters. The second-order valence-corrected chi connectivity index (χ2v) is 1.97. The van der Waals surface area contributed by atoms with Gasteiger partial charge in [-0.2, -0.15) is 0 Å². The predicted molar refractivity (Wildman–Crippen MR) is 41.0 cm³/mol. The Bertz CT molecular complexity index is 202. The molecule has 48 valence electrons. The van der Waals surface area contributed by atoms with Gasteiger partial charge in [-0.1, -0.05) is 6.07 Å². The first-order chi connectivity index (χ1) is 4.33. The van der Waals surface area contributed by atoms with Gasteiger partial charge in [-0.15, -0.1) is 0 Å². The summed E-state index contributed by atoms with van der Waals surface area (Å²) in [7, 11) is 0. The smallest absolute Gasteiger partial charge is 0.192 e. The zero-order chi connectivity index (χ0) is 6.69. The van der Waals surface area contributed by atoms with Crippen molar-refractivity contribution in [2.75, 3.05) is 0 Å². The fourth-order valence-electron chi connectivity index (χ4n) is 0.515. The molecule has 0 unspecified atom stereocenters. The third-order valence-corrected chi connectivity index (χ3v) is 1.39. The molecular formula is C6H4FIO. The normalized spacial score (nSPS) is 9.11. The van der Waals surface area contributed by atoms with Crippen molar-refractivity contribution in [2.45, 2.75) is 0 Å². The van der Waals surface area contributed by atoms with Crippen molar-refractivity contribution in [3.05, 3.63) is 30.1 Å². The number of benzene rings is 1. The number of rotatable bonds is 1. The molecule has 1 nitrogen and oxygen atoms in total. The van der Waals surface area contributed by atoms with Crippen LogP contribution in [0.5, 0.6) is 5.75 Å². The zero-order valence-electron chi connectivity index (χ0n) is 4.47. The topological polar surface area (TPSA) is 9.23 Å². The average molecular weight is 238 g/mol. The van der Waals surface area contributed by atoms with Crippen molar-refractivity contribution < 1.29 is 7.46 Å². The SMILES string of the molecule is Fc1cccc(OI)c1. The molecule has 3 heteroatoms. The zero-order valence-corrected chi connectivity index (χ0v) is 6.63. The van der Waals surface area contributed by atoms with Crippen LogP contribution < -0.4 is 3.07 Å². The average Bonchev–Trinajstić information content (AvgIpc) is 1.88. The van der Waals surface area contributed by atoms with Crippen molar-refractivity contribution in [1.82, 2.24) is 0 Å². The van der Waals surface area contributed by atoms with Gasteiger partial charge in [0.25, 0.3) is 0 Å². The Hall–Kier alpha value is -0.320. The van der Waals surface area contributed by atoms with Gasteiger partial charge in [-0.05, 0) is 12.1 Å². The molecule has 1 aromatic rings. The van der Waals surface area contributed by atoms with E-state index in [2.05, 4.69) is 0 Å². The molecular weight excluding hydrogens is 234 g/mol. The van der Waals surface area contributed by atoms with Crippen LogP contribution in [0.4, 0.5) is 4.39 Å². The maximum Gasteiger partial charge on any atom is 0.192 e. The van der Waals surface area contributed by atoms with E-state index in [0.717, 1.165) is 0 Å². The van der Waals surface area contributed by atoms with Crippen molar-refractivity contribution in [3.8, 4) is 5.75 Å². The molecule has 1 rings (SSSR count). The van der Waals surface area contributed by atoms with Crippen LogP contribution >= 0.6 is 23.0 Å². The van der Waals surface area contributed by atoms with Gasteiger partial charge in [0.1, 0.15) is 11.6 Å². The Morgan fingerprint density at radius 3 is 2.67 bits per heavy atom. The minimum atomic E-state index is -0.274. The van der Waals surface area contributed by atoms with Crippen LogP contribution in [0.15, 0.2) is 24.3 Å². The van der Waals surface area contributed by atoms with Crippen LogP contribution in [0.25, 0.3) is 0 Å². The minimum Gasteiger partial charge on any atom is -0.428 e. The molecule has 0 spiro atoms. The lowest BCUT2D eigenvalue weighted by Crippen LogP contribution is -1.74. The van der Waals surface area contributed by atoms with Crippen molar-refractivity contribution in [1.29, 1.82) is 0 Å². The second kappa shape index (κ2) is 3.00. The number of halogens is 2. The summed E-state index contributed by atoms with van der Waals surface area (Å²) >= 11 is 1.70. The lowest BCUT2D eigenvalue weighted by molar-refractivity contribution is 0.615. The fraction of sp³-hybridized carbons (Fsp3) is 0. The molecule has 0 bridgehead atoms.